The Kier molecular flexibility index (Phi) is 3.49. The van der Waals surface area contributed by atoms with E-state index in [1.165, 1.54) is 22.2 Å². The summed E-state index contributed by atoms with van der Waals surface area (Å²) in [5, 5.41) is 3.01. The van der Waals surface area contributed by atoms with Crippen LogP contribution in [0.25, 0.3) is 10.1 Å². The van der Waals surface area contributed by atoms with E-state index in [4.69, 9.17) is 0 Å². The maximum atomic E-state index is 13.1. The van der Waals surface area contributed by atoms with Gasteiger partial charge in [-0.05, 0) is 30.3 Å². The van der Waals surface area contributed by atoms with Gasteiger partial charge in [-0.2, -0.15) is 0 Å². The molecule has 0 aliphatic heterocycles. The first-order valence-electron chi connectivity index (χ1n) is 6.14. The molecule has 1 aromatic carbocycles. The van der Waals surface area contributed by atoms with Crippen LogP contribution in [0.3, 0.4) is 0 Å². The summed E-state index contributed by atoms with van der Waals surface area (Å²) < 4.78 is 14.9. The lowest BCUT2D eigenvalue weighted by atomic mass is 10.3. The van der Waals surface area contributed by atoms with Gasteiger partial charge in [0, 0.05) is 6.20 Å². The molecule has 0 saturated heterocycles. The minimum Gasteiger partial charge on any atom is -0.309 e. The number of nitrogens with one attached hydrogen (secondary N) is 1. The van der Waals surface area contributed by atoms with E-state index in [0.29, 0.717) is 15.9 Å². The van der Waals surface area contributed by atoms with Gasteiger partial charge in [0.2, 0.25) is 5.91 Å². The number of amides is 1. The topological polar surface area (TPSA) is 64.0 Å². The SMILES string of the molecule is O=C(Cn1sc2cc(F)ccc2c1=O)Nc1ccccn1. The first-order valence-corrected chi connectivity index (χ1v) is 6.91. The average Bonchev–Trinajstić information content (AvgIpc) is 2.75. The lowest BCUT2D eigenvalue weighted by Crippen LogP contribution is -2.24. The quantitative estimate of drug-likeness (QED) is 0.807. The number of benzene rings is 1. The molecule has 1 N–H and O–H groups in total. The van der Waals surface area contributed by atoms with Crippen molar-refractivity contribution >= 4 is 33.3 Å². The summed E-state index contributed by atoms with van der Waals surface area (Å²) in [6.45, 7) is -0.129. The number of aromatic nitrogens is 2. The molecule has 0 bridgehead atoms. The first-order chi connectivity index (χ1) is 10.1. The van der Waals surface area contributed by atoms with Crippen LogP contribution in [0.4, 0.5) is 10.2 Å². The van der Waals surface area contributed by atoms with Gasteiger partial charge < -0.3 is 5.32 Å². The number of rotatable bonds is 3. The van der Waals surface area contributed by atoms with Gasteiger partial charge in [-0.25, -0.2) is 9.37 Å². The van der Waals surface area contributed by atoms with Crippen LogP contribution in [0.2, 0.25) is 0 Å². The summed E-state index contributed by atoms with van der Waals surface area (Å²) in [6.07, 6.45) is 1.56. The third kappa shape index (κ3) is 2.82. The van der Waals surface area contributed by atoms with Crippen LogP contribution >= 0.6 is 11.5 Å². The molecule has 0 spiro atoms. The van der Waals surface area contributed by atoms with Gasteiger partial charge in [0.1, 0.15) is 18.2 Å². The van der Waals surface area contributed by atoms with Crippen LogP contribution in [0, 0.1) is 5.82 Å². The van der Waals surface area contributed by atoms with Gasteiger partial charge in [-0.3, -0.25) is 13.5 Å². The first kappa shape index (κ1) is 13.4. The molecule has 1 amide bonds. The van der Waals surface area contributed by atoms with Crippen LogP contribution in [0.1, 0.15) is 0 Å². The van der Waals surface area contributed by atoms with Crippen molar-refractivity contribution in [1.29, 1.82) is 0 Å². The zero-order valence-electron chi connectivity index (χ0n) is 10.7. The highest BCUT2D eigenvalue weighted by molar-refractivity contribution is 7.13. The number of fused-ring (bicyclic) bond motifs is 1. The smallest absolute Gasteiger partial charge is 0.269 e. The van der Waals surface area contributed by atoms with E-state index in [1.807, 2.05) is 0 Å². The normalized spacial score (nSPS) is 10.7. The van der Waals surface area contributed by atoms with Crippen molar-refractivity contribution in [2.75, 3.05) is 5.32 Å². The Hall–Kier alpha value is -2.54. The van der Waals surface area contributed by atoms with Crippen molar-refractivity contribution < 1.29 is 9.18 Å². The summed E-state index contributed by atoms with van der Waals surface area (Å²) in [7, 11) is 0. The largest absolute Gasteiger partial charge is 0.309 e. The second kappa shape index (κ2) is 5.45. The number of anilines is 1. The second-order valence-corrected chi connectivity index (χ2v) is 5.40. The Morgan fingerprint density at radius 2 is 2.19 bits per heavy atom. The molecule has 2 heterocycles. The standard InChI is InChI=1S/C14H10FN3O2S/c15-9-4-5-10-11(7-9)21-18(14(10)20)8-13(19)17-12-3-1-2-6-16-12/h1-7H,8H2,(H,16,17,19). The number of nitrogens with zero attached hydrogens (tertiary/aromatic N) is 2. The van der Waals surface area contributed by atoms with Crippen LogP contribution in [0.15, 0.2) is 47.4 Å². The third-order valence-electron chi connectivity index (χ3n) is 2.83. The highest BCUT2D eigenvalue weighted by Gasteiger charge is 2.11. The zero-order valence-corrected chi connectivity index (χ0v) is 11.6. The molecule has 0 unspecified atom stereocenters. The van der Waals surface area contributed by atoms with Gasteiger partial charge in [-0.1, -0.05) is 17.6 Å². The third-order valence-corrected chi connectivity index (χ3v) is 3.88. The molecular weight excluding hydrogens is 293 g/mol. The molecule has 0 saturated carbocycles. The molecule has 3 aromatic rings. The fraction of sp³-hybridized carbons (Fsp3) is 0.0714. The molecule has 0 aliphatic carbocycles. The predicted octanol–water partition coefficient (Wildman–Crippen LogP) is 2.24. The van der Waals surface area contributed by atoms with E-state index in [0.717, 1.165) is 11.5 Å². The number of pyridine rings is 1. The molecule has 0 fully saturated rings. The van der Waals surface area contributed by atoms with Crippen LogP contribution in [-0.4, -0.2) is 14.8 Å². The Labute approximate surface area is 122 Å². The second-order valence-electron chi connectivity index (χ2n) is 4.34. The minimum absolute atomic E-state index is 0.129. The van der Waals surface area contributed by atoms with E-state index < -0.39 is 5.82 Å². The molecule has 2 aromatic heterocycles. The summed E-state index contributed by atoms with van der Waals surface area (Å²) >= 11 is 1.06. The Morgan fingerprint density at radius 3 is 2.95 bits per heavy atom. The van der Waals surface area contributed by atoms with Crippen molar-refractivity contribution in [2.45, 2.75) is 6.54 Å². The van der Waals surface area contributed by atoms with Crippen molar-refractivity contribution in [3.8, 4) is 0 Å². The van der Waals surface area contributed by atoms with Crippen LogP contribution < -0.4 is 10.9 Å². The molecule has 3 rings (SSSR count). The fourth-order valence-electron chi connectivity index (χ4n) is 1.90. The highest BCUT2D eigenvalue weighted by atomic mass is 32.1. The molecule has 0 atom stereocenters. The number of carbonyl (C=O) groups excluding carboxylic acids is 1. The van der Waals surface area contributed by atoms with Crippen molar-refractivity contribution in [2.24, 2.45) is 0 Å². The Balaban J connectivity index is 1.83. The van der Waals surface area contributed by atoms with Crippen molar-refractivity contribution in [3.05, 3.63) is 58.8 Å². The maximum absolute atomic E-state index is 13.1. The predicted molar refractivity (Wildman–Crippen MR) is 78.9 cm³/mol. The van der Waals surface area contributed by atoms with E-state index in [1.54, 1.807) is 24.4 Å². The molecule has 21 heavy (non-hydrogen) atoms. The van der Waals surface area contributed by atoms with Crippen LogP contribution in [0.5, 0.6) is 0 Å². The summed E-state index contributed by atoms with van der Waals surface area (Å²) in [6, 6.07) is 9.08. The van der Waals surface area contributed by atoms with Gasteiger partial charge in [0.15, 0.2) is 0 Å². The van der Waals surface area contributed by atoms with E-state index in [-0.39, 0.29) is 18.0 Å². The Morgan fingerprint density at radius 1 is 1.33 bits per heavy atom. The van der Waals surface area contributed by atoms with Gasteiger partial charge in [0.05, 0.1) is 10.1 Å². The summed E-state index contributed by atoms with van der Waals surface area (Å²) in [5.41, 5.74) is -0.300. The van der Waals surface area contributed by atoms with E-state index in [2.05, 4.69) is 10.3 Å². The highest BCUT2D eigenvalue weighted by Crippen LogP contribution is 2.17. The molecule has 5 nitrogen and oxygen atoms in total. The number of hydrogen-bond donors (Lipinski definition) is 1. The van der Waals surface area contributed by atoms with Gasteiger partial charge >= 0.3 is 0 Å². The lowest BCUT2D eigenvalue weighted by Gasteiger charge is -2.03. The molecular formula is C14H10FN3O2S. The van der Waals surface area contributed by atoms with Gasteiger partial charge in [0.25, 0.3) is 5.56 Å². The number of hydrogen-bond acceptors (Lipinski definition) is 4. The monoisotopic (exact) mass is 303 g/mol. The lowest BCUT2D eigenvalue weighted by molar-refractivity contribution is -0.116. The van der Waals surface area contributed by atoms with Crippen LogP contribution in [-0.2, 0) is 11.3 Å². The van der Waals surface area contributed by atoms with Crippen molar-refractivity contribution in [1.82, 2.24) is 8.94 Å². The number of halogens is 1. The summed E-state index contributed by atoms with van der Waals surface area (Å²) in [4.78, 5) is 28.0. The minimum atomic E-state index is -0.408. The molecule has 0 aliphatic rings. The van der Waals surface area contributed by atoms with E-state index >= 15 is 0 Å². The zero-order chi connectivity index (χ0) is 14.8. The molecule has 106 valence electrons. The Bertz CT molecular complexity index is 858. The molecule has 0 radical (unpaired) electrons. The average molecular weight is 303 g/mol. The fourth-order valence-corrected chi connectivity index (χ4v) is 2.92. The molecule has 7 heteroatoms. The van der Waals surface area contributed by atoms with E-state index in [9.17, 15) is 14.0 Å². The van der Waals surface area contributed by atoms with Crippen molar-refractivity contribution in [3.63, 3.8) is 0 Å². The summed E-state index contributed by atoms with van der Waals surface area (Å²) in [5.74, 6) is -0.348. The van der Waals surface area contributed by atoms with Gasteiger partial charge in [-0.15, -0.1) is 0 Å². The number of carbonyl (C=O) groups is 1. The maximum Gasteiger partial charge on any atom is 0.269 e.